The highest BCUT2D eigenvalue weighted by atomic mass is 16.5. The third-order valence-corrected chi connectivity index (χ3v) is 2.86. The maximum absolute atomic E-state index is 5.82. The normalized spacial score (nSPS) is 10.8. The number of benzene rings is 1. The second kappa shape index (κ2) is 5.64. The van der Waals surface area contributed by atoms with Gasteiger partial charge in [0.1, 0.15) is 5.75 Å². The predicted molar refractivity (Wildman–Crippen MR) is 75.8 cm³/mol. The van der Waals surface area contributed by atoms with Crippen LogP contribution < -0.4 is 4.74 Å². The molecule has 0 spiro atoms. The number of aryl methyl sites for hydroxylation is 1. The number of fused-ring (bicyclic) bond motifs is 1. The van der Waals surface area contributed by atoms with Crippen LogP contribution in [0.1, 0.15) is 26.7 Å². The van der Waals surface area contributed by atoms with Gasteiger partial charge in [0.25, 0.3) is 0 Å². The van der Waals surface area contributed by atoms with Crippen LogP contribution >= 0.6 is 0 Å². The molecular formula is C16H19NO. The van der Waals surface area contributed by atoms with Gasteiger partial charge in [-0.2, -0.15) is 0 Å². The van der Waals surface area contributed by atoms with Crippen molar-refractivity contribution in [2.75, 3.05) is 0 Å². The van der Waals surface area contributed by atoms with Gasteiger partial charge in [-0.15, -0.1) is 12.3 Å². The topological polar surface area (TPSA) is 14.2 Å². The van der Waals surface area contributed by atoms with Crippen molar-refractivity contribution in [3.05, 3.63) is 30.5 Å². The molecule has 0 atom stereocenters. The molecule has 2 heteroatoms. The van der Waals surface area contributed by atoms with Gasteiger partial charge in [-0.3, -0.25) is 0 Å². The standard InChI is InChI=1S/C16H19NO/c1-4-5-6-11-17-12-10-14-15(17)8-7-9-16(14)18-13(2)3/h1,7-10,12-13H,5-6,11H2,2-3H3. The lowest BCUT2D eigenvalue weighted by Crippen LogP contribution is -2.05. The number of hydrogen-bond acceptors (Lipinski definition) is 1. The van der Waals surface area contributed by atoms with Crippen LogP contribution in [0.3, 0.4) is 0 Å². The first kappa shape index (κ1) is 12.6. The van der Waals surface area contributed by atoms with Gasteiger partial charge in [-0.25, -0.2) is 0 Å². The average molecular weight is 241 g/mol. The Morgan fingerprint density at radius 2 is 2.17 bits per heavy atom. The van der Waals surface area contributed by atoms with Gasteiger partial charge in [-0.05, 0) is 38.5 Å². The van der Waals surface area contributed by atoms with Crippen molar-refractivity contribution in [2.24, 2.45) is 0 Å². The maximum Gasteiger partial charge on any atom is 0.129 e. The van der Waals surface area contributed by atoms with Crippen LogP contribution in [0.4, 0.5) is 0 Å². The SMILES string of the molecule is C#CCCCn1ccc2c(OC(C)C)cccc21. The molecule has 1 heterocycles. The molecule has 0 unspecified atom stereocenters. The van der Waals surface area contributed by atoms with Gasteiger partial charge in [-0.1, -0.05) is 6.07 Å². The van der Waals surface area contributed by atoms with Crippen LogP contribution in [0.25, 0.3) is 10.9 Å². The summed E-state index contributed by atoms with van der Waals surface area (Å²) in [5.41, 5.74) is 1.21. The Morgan fingerprint density at radius 3 is 2.89 bits per heavy atom. The van der Waals surface area contributed by atoms with E-state index >= 15 is 0 Å². The van der Waals surface area contributed by atoms with E-state index < -0.39 is 0 Å². The minimum Gasteiger partial charge on any atom is -0.490 e. The van der Waals surface area contributed by atoms with E-state index in [1.54, 1.807) is 0 Å². The fraction of sp³-hybridized carbons (Fsp3) is 0.375. The Morgan fingerprint density at radius 1 is 1.33 bits per heavy atom. The highest BCUT2D eigenvalue weighted by molar-refractivity contribution is 5.86. The molecule has 1 aromatic carbocycles. The molecule has 0 radical (unpaired) electrons. The van der Waals surface area contributed by atoms with E-state index in [0.717, 1.165) is 25.1 Å². The van der Waals surface area contributed by atoms with Crippen LogP contribution in [0.15, 0.2) is 30.5 Å². The minimum atomic E-state index is 0.195. The monoisotopic (exact) mass is 241 g/mol. The zero-order valence-electron chi connectivity index (χ0n) is 11.0. The highest BCUT2D eigenvalue weighted by Crippen LogP contribution is 2.27. The van der Waals surface area contributed by atoms with Crippen molar-refractivity contribution in [3.8, 4) is 18.1 Å². The summed E-state index contributed by atoms with van der Waals surface area (Å²) in [6.07, 6.45) is 9.41. The molecule has 2 nitrogen and oxygen atoms in total. The molecule has 1 aromatic heterocycles. The van der Waals surface area contributed by atoms with Gasteiger partial charge < -0.3 is 9.30 Å². The smallest absolute Gasteiger partial charge is 0.129 e. The molecule has 18 heavy (non-hydrogen) atoms. The number of aromatic nitrogens is 1. The second-order valence-electron chi connectivity index (χ2n) is 4.67. The zero-order chi connectivity index (χ0) is 13.0. The van der Waals surface area contributed by atoms with Crippen LogP contribution in [0.2, 0.25) is 0 Å². The Kier molecular flexibility index (Phi) is 3.94. The van der Waals surface area contributed by atoms with Gasteiger partial charge in [0.05, 0.1) is 11.6 Å². The molecule has 0 saturated carbocycles. The maximum atomic E-state index is 5.82. The number of terminal acetylenes is 1. The molecule has 0 aliphatic heterocycles. The van der Waals surface area contributed by atoms with Gasteiger partial charge >= 0.3 is 0 Å². The zero-order valence-corrected chi connectivity index (χ0v) is 11.0. The summed E-state index contributed by atoms with van der Waals surface area (Å²) < 4.78 is 8.06. The molecule has 2 rings (SSSR count). The summed E-state index contributed by atoms with van der Waals surface area (Å²) in [5, 5.41) is 1.17. The third-order valence-electron chi connectivity index (χ3n) is 2.86. The van der Waals surface area contributed by atoms with Crippen molar-refractivity contribution in [2.45, 2.75) is 39.3 Å². The van der Waals surface area contributed by atoms with Crippen molar-refractivity contribution in [1.29, 1.82) is 0 Å². The third kappa shape index (κ3) is 2.68. The molecular weight excluding hydrogens is 222 g/mol. The molecule has 0 N–H and O–H groups in total. The lowest BCUT2D eigenvalue weighted by atomic mass is 10.2. The fourth-order valence-electron chi connectivity index (χ4n) is 2.10. The molecule has 0 aliphatic carbocycles. The highest BCUT2D eigenvalue weighted by Gasteiger charge is 2.07. The molecule has 0 bridgehead atoms. The first-order chi connectivity index (χ1) is 8.72. The first-order valence-corrected chi connectivity index (χ1v) is 6.40. The predicted octanol–water partition coefficient (Wildman–Crippen LogP) is 3.84. The van der Waals surface area contributed by atoms with Crippen LogP contribution in [0.5, 0.6) is 5.75 Å². The van der Waals surface area contributed by atoms with E-state index in [1.165, 1.54) is 10.9 Å². The summed E-state index contributed by atoms with van der Waals surface area (Å²) >= 11 is 0. The van der Waals surface area contributed by atoms with Crippen LogP contribution in [0, 0.1) is 12.3 Å². The number of ether oxygens (including phenoxy) is 1. The Hall–Kier alpha value is -1.88. The van der Waals surface area contributed by atoms with Crippen LogP contribution in [-0.2, 0) is 6.54 Å². The Bertz CT molecular complexity index is 560. The van der Waals surface area contributed by atoms with Gasteiger partial charge in [0.15, 0.2) is 0 Å². The molecule has 0 saturated heterocycles. The summed E-state index contributed by atoms with van der Waals surface area (Å²) in [6, 6.07) is 8.30. The van der Waals surface area contributed by atoms with E-state index in [-0.39, 0.29) is 6.10 Å². The number of rotatable bonds is 5. The number of nitrogens with zero attached hydrogens (tertiary/aromatic N) is 1. The Balaban J connectivity index is 2.27. The minimum absolute atomic E-state index is 0.195. The number of hydrogen-bond donors (Lipinski definition) is 0. The average Bonchev–Trinajstić information content (AvgIpc) is 2.74. The summed E-state index contributed by atoms with van der Waals surface area (Å²) in [5.74, 6) is 3.63. The summed E-state index contributed by atoms with van der Waals surface area (Å²) in [4.78, 5) is 0. The van der Waals surface area contributed by atoms with Gasteiger partial charge in [0.2, 0.25) is 0 Å². The molecule has 94 valence electrons. The van der Waals surface area contributed by atoms with Crippen molar-refractivity contribution in [1.82, 2.24) is 4.57 Å². The molecule has 0 aliphatic rings. The molecule has 0 amide bonds. The molecule has 2 aromatic rings. The van der Waals surface area contributed by atoms with Crippen molar-refractivity contribution >= 4 is 10.9 Å². The van der Waals surface area contributed by atoms with E-state index in [2.05, 4.69) is 28.8 Å². The number of unbranched alkanes of at least 4 members (excludes halogenated alkanes) is 1. The first-order valence-electron chi connectivity index (χ1n) is 6.40. The lowest BCUT2D eigenvalue weighted by Gasteiger charge is -2.11. The molecule has 0 fully saturated rings. The Labute approximate surface area is 109 Å². The van der Waals surface area contributed by atoms with Crippen molar-refractivity contribution in [3.63, 3.8) is 0 Å². The fourth-order valence-corrected chi connectivity index (χ4v) is 2.10. The van der Waals surface area contributed by atoms with E-state index in [1.807, 2.05) is 26.0 Å². The summed E-state index contributed by atoms with van der Waals surface area (Å²) in [7, 11) is 0. The van der Waals surface area contributed by atoms with E-state index in [4.69, 9.17) is 11.2 Å². The van der Waals surface area contributed by atoms with E-state index in [0.29, 0.717) is 0 Å². The van der Waals surface area contributed by atoms with Gasteiger partial charge in [0, 0.05) is 24.5 Å². The quantitative estimate of drug-likeness (QED) is 0.573. The van der Waals surface area contributed by atoms with Crippen molar-refractivity contribution < 1.29 is 4.74 Å². The largest absolute Gasteiger partial charge is 0.490 e. The summed E-state index contributed by atoms with van der Waals surface area (Å²) in [6.45, 7) is 5.05. The lowest BCUT2D eigenvalue weighted by molar-refractivity contribution is 0.245. The van der Waals surface area contributed by atoms with Crippen LogP contribution in [-0.4, -0.2) is 10.7 Å². The second-order valence-corrected chi connectivity index (χ2v) is 4.67. The van der Waals surface area contributed by atoms with E-state index in [9.17, 15) is 0 Å².